The van der Waals surface area contributed by atoms with Crippen molar-refractivity contribution in [1.29, 1.82) is 0 Å². The Balaban J connectivity index is 1.93. The van der Waals surface area contributed by atoms with Crippen molar-refractivity contribution in [3.8, 4) is 0 Å². The van der Waals surface area contributed by atoms with E-state index in [4.69, 9.17) is 0 Å². The summed E-state index contributed by atoms with van der Waals surface area (Å²) in [5.41, 5.74) is 2.28. The van der Waals surface area contributed by atoms with Crippen LogP contribution < -0.4 is 0 Å². The van der Waals surface area contributed by atoms with Crippen LogP contribution in [0.1, 0.15) is 24.8 Å². The van der Waals surface area contributed by atoms with Gasteiger partial charge in [0, 0.05) is 25.8 Å². The van der Waals surface area contributed by atoms with Crippen LogP contribution in [-0.2, 0) is 11.3 Å². The van der Waals surface area contributed by atoms with Gasteiger partial charge in [-0.1, -0.05) is 36.4 Å². The minimum absolute atomic E-state index is 0.0620. The largest absolute Gasteiger partial charge is 0.395 e. The lowest BCUT2D eigenvalue weighted by Crippen LogP contribution is -2.38. The topological polar surface area (TPSA) is 43.8 Å². The predicted octanol–water partition coefficient (Wildman–Crippen LogP) is 2.01. The summed E-state index contributed by atoms with van der Waals surface area (Å²) in [5, 5.41) is 9.20. The van der Waals surface area contributed by atoms with Crippen LogP contribution in [0.3, 0.4) is 0 Å². The summed E-state index contributed by atoms with van der Waals surface area (Å²) in [6.07, 6.45) is 5.33. The summed E-state index contributed by atoms with van der Waals surface area (Å²) < 4.78 is 0. The van der Waals surface area contributed by atoms with Crippen molar-refractivity contribution in [3.05, 3.63) is 47.7 Å². The molecular weight excluding hydrogens is 264 g/mol. The molecule has 0 radical (unpaired) electrons. The van der Waals surface area contributed by atoms with Crippen LogP contribution in [-0.4, -0.2) is 47.6 Å². The Morgan fingerprint density at radius 2 is 2.05 bits per heavy atom. The molecule has 1 aromatic rings. The maximum atomic E-state index is 12.4. The Hall–Kier alpha value is -1.65. The SMILES string of the molecule is CN(C(=O)CN(CCO)Cc1ccccc1)C1=CCCC1. The Kier molecular flexibility index (Phi) is 5.96. The monoisotopic (exact) mass is 288 g/mol. The summed E-state index contributed by atoms with van der Waals surface area (Å²) in [6.45, 7) is 1.59. The van der Waals surface area contributed by atoms with E-state index in [1.165, 1.54) is 0 Å². The van der Waals surface area contributed by atoms with E-state index in [9.17, 15) is 9.90 Å². The van der Waals surface area contributed by atoms with Crippen molar-refractivity contribution >= 4 is 5.91 Å². The molecule has 0 aliphatic heterocycles. The van der Waals surface area contributed by atoms with E-state index >= 15 is 0 Å². The lowest BCUT2D eigenvalue weighted by atomic mass is 10.2. The van der Waals surface area contributed by atoms with Crippen LogP contribution in [0.5, 0.6) is 0 Å². The van der Waals surface area contributed by atoms with Crippen molar-refractivity contribution in [2.45, 2.75) is 25.8 Å². The van der Waals surface area contributed by atoms with Crippen LogP contribution in [0, 0.1) is 0 Å². The highest BCUT2D eigenvalue weighted by Crippen LogP contribution is 2.20. The zero-order valence-electron chi connectivity index (χ0n) is 12.7. The molecule has 0 bridgehead atoms. The second-order valence-electron chi connectivity index (χ2n) is 5.46. The molecule has 0 fully saturated rings. The molecule has 1 aliphatic rings. The van der Waals surface area contributed by atoms with Crippen LogP contribution in [0.15, 0.2) is 42.1 Å². The molecule has 1 aromatic carbocycles. The van der Waals surface area contributed by atoms with E-state index in [0.29, 0.717) is 19.6 Å². The van der Waals surface area contributed by atoms with Gasteiger partial charge in [0.2, 0.25) is 5.91 Å². The van der Waals surface area contributed by atoms with Crippen molar-refractivity contribution in [2.24, 2.45) is 0 Å². The molecule has 0 aromatic heterocycles. The standard InChI is InChI=1S/C17H24N2O2/c1-18(16-9-5-6-10-16)17(21)14-19(11-12-20)13-15-7-3-2-4-8-15/h2-4,7-9,20H,5-6,10-14H2,1H3. The quantitative estimate of drug-likeness (QED) is 0.834. The zero-order valence-corrected chi connectivity index (χ0v) is 12.7. The van der Waals surface area contributed by atoms with Gasteiger partial charge in [-0.05, 0) is 24.8 Å². The summed E-state index contributed by atoms with van der Waals surface area (Å²) in [6, 6.07) is 10.0. The Morgan fingerprint density at radius 3 is 2.67 bits per heavy atom. The number of aliphatic hydroxyl groups is 1. The molecule has 2 rings (SSSR count). The molecule has 0 heterocycles. The molecule has 0 spiro atoms. The third kappa shape index (κ3) is 4.69. The summed E-state index contributed by atoms with van der Waals surface area (Å²) in [7, 11) is 1.85. The van der Waals surface area contributed by atoms with Crippen LogP contribution in [0.25, 0.3) is 0 Å². The van der Waals surface area contributed by atoms with Gasteiger partial charge in [-0.15, -0.1) is 0 Å². The van der Waals surface area contributed by atoms with Crippen LogP contribution >= 0.6 is 0 Å². The first-order valence-electron chi connectivity index (χ1n) is 7.53. The number of nitrogens with zero attached hydrogens (tertiary/aromatic N) is 2. The van der Waals surface area contributed by atoms with Gasteiger partial charge in [0.05, 0.1) is 13.2 Å². The molecule has 0 saturated carbocycles. The van der Waals surface area contributed by atoms with Crippen molar-refractivity contribution < 1.29 is 9.90 Å². The van der Waals surface area contributed by atoms with E-state index < -0.39 is 0 Å². The van der Waals surface area contributed by atoms with E-state index in [1.54, 1.807) is 4.90 Å². The molecule has 1 N–H and O–H groups in total. The van der Waals surface area contributed by atoms with Gasteiger partial charge >= 0.3 is 0 Å². The van der Waals surface area contributed by atoms with Gasteiger partial charge in [0.25, 0.3) is 0 Å². The second kappa shape index (κ2) is 7.96. The highest BCUT2D eigenvalue weighted by atomic mass is 16.3. The van der Waals surface area contributed by atoms with Gasteiger partial charge < -0.3 is 10.0 Å². The molecule has 21 heavy (non-hydrogen) atoms. The highest BCUT2D eigenvalue weighted by molar-refractivity contribution is 5.79. The average Bonchev–Trinajstić information content (AvgIpc) is 3.02. The Bertz CT molecular complexity index is 485. The van der Waals surface area contributed by atoms with E-state index in [2.05, 4.69) is 6.08 Å². The third-order valence-electron chi connectivity index (χ3n) is 3.85. The van der Waals surface area contributed by atoms with Gasteiger partial charge in [-0.25, -0.2) is 0 Å². The molecule has 4 heteroatoms. The third-order valence-corrected chi connectivity index (χ3v) is 3.85. The van der Waals surface area contributed by atoms with Crippen molar-refractivity contribution in [1.82, 2.24) is 9.80 Å². The molecule has 1 amide bonds. The first-order valence-corrected chi connectivity index (χ1v) is 7.53. The number of allylic oxidation sites excluding steroid dienone is 2. The number of rotatable bonds is 7. The molecule has 0 atom stereocenters. The number of carbonyl (C=O) groups is 1. The molecule has 0 unspecified atom stereocenters. The van der Waals surface area contributed by atoms with Gasteiger partial charge in [0.1, 0.15) is 0 Å². The number of hydrogen-bond donors (Lipinski definition) is 1. The normalized spacial score (nSPS) is 14.3. The van der Waals surface area contributed by atoms with Crippen LogP contribution in [0.4, 0.5) is 0 Å². The Morgan fingerprint density at radius 1 is 1.29 bits per heavy atom. The van der Waals surface area contributed by atoms with E-state index in [0.717, 1.165) is 30.5 Å². The highest BCUT2D eigenvalue weighted by Gasteiger charge is 2.18. The Labute approximate surface area is 126 Å². The fraction of sp³-hybridized carbons (Fsp3) is 0.471. The lowest BCUT2D eigenvalue weighted by Gasteiger charge is -2.25. The summed E-state index contributed by atoms with van der Waals surface area (Å²) in [5.74, 6) is 0.0903. The predicted molar refractivity (Wildman–Crippen MR) is 83.5 cm³/mol. The van der Waals surface area contributed by atoms with Crippen molar-refractivity contribution in [2.75, 3.05) is 26.7 Å². The lowest BCUT2D eigenvalue weighted by molar-refractivity contribution is -0.129. The van der Waals surface area contributed by atoms with Gasteiger partial charge in [-0.3, -0.25) is 9.69 Å². The molecule has 1 aliphatic carbocycles. The second-order valence-corrected chi connectivity index (χ2v) is 5.46. The van der Waals surface area contributed by atoms with E-state index in [1.807, 2.05) is 42.3 Å². The number of hydrogen-bond acceptors (Lipinski definition) is 3. The minimum Gasteiger partial charge on any atom is -0.395 e. The van der Waals surface area contributed by atoms with Gasteiger partial charge in [0.15, 0.2) is 0 Å². The molecule has 4 nitrogen and oxygen atoms in total. The first kappa shape index (κ1) is 15.7. The number of carbonyl (C=O) groups excluding carboxylic acids is 1. The smallest absolute Gasteiger partial charge is 0.240 e. The fourth-order valence-corrected chi connectivity index (χ4v) is 2.61. The molecule has 0 saturated heterocycles. The van der Waals surface area contributed by atoms with E-state index in [-0.39, 0.29) is 12.5 Å². The van der Waals surface area contributed by atoms with Crippen molar-refractivity contribution in [3.63, 3.8) is 0 Å². The summed E-state index contributed by atoms with van der Waals surface area (Å²) >= 11 is 0. The molecular formula is C17H24N2O2. The average molecular weight is 288 g/mol. The number of likely N-dealkylation sites (N-methyl/N-ethyl adjacent to an activating group) is 1. The number of aliphatic hydroxyl groups excluding tert-OH is 1. The first-order chi connectivity index (χ1) is 10.2. The number of amides is 1. The maximum absolute atomic E-state index is 12.4. The van der Waals surface area contributed by atoms with Gasteiger partial charge in [-0.2, -0.15) is 0 Å². The van der Waals surface area contributed by atoms with Crippen LogP contribution in [0.2, 0.25) is 0 Å². The number of benzene rings is 1. The minimum atomic E-state index is 0.0620. The maximum Gasteiger partial charge on any atom is 0.240 e. The molecule has 114 valence electrons. The zero-order chi connectivity index (χ0) is 15.1. The fourth-order valence-electron chi connectivity index (χ4n) is 2.61. The summed E-state index contributed by atoms with van der Waals surface area (Å²) in [4.78, 5) is 16.1.